The summed E-state index contributed by atoms with van der Waals surface area (Å²) in [5.41, 5.74) is 0.728. The van der Waals surface area contributed by atoms with E-state index in [0.717, 1.165) is 28.6 Å². The smallest absolute Gasteiger partial charge is 0.251 e. The van der Waals surface area contributed by atoms with Crippen molar-refractivity contribution in [2.24, 2.45) is 0 Å². The molecule has 1 aliphatic rings. The Morgan fingerprint density at radius 1 is 1.44 bits per heavy atom. The van der Waals surface area contributed by atoms with Gasteiger partial charge in [0.25, 0.3) is 5.91 Å². The van der Waals surface area contributed by atoms with Gasteiger partial charge in [0.15, 0.2) is 0 Å². The summed E-state index contributed by atoms with van der Waals surface area (Å²) in [7, 11) is 0. The van der Waals surface area contributed by atoms with Gasteiger partial charge in [-0.2, -0.15) is 0 Å². The van der Waals surface area contributed by atoms with Gasteiger partial charge >= 0.3 is 0 Å². The molecular weight excluding hydrogens is 341 g/mol. The highest BCUT2D eigenvalue weighted by Gasteiger charge is 2.14. The number of rotatable bonds is 4. The van der Waals surface area contributed by atoms with Crippen LogP contribution in [0.5, 0.6) is 0 Å². The molecule has 98 valence electrons. The summed E-state index contributed by atoms with van der Waals surface area (Å²) in [5.74, 6) is 0.00401. The van der Waals surface area contributed by atoms with Gasteiger partial charge in [-0.05, 0) is 66.5 Å². The van der Waals surface area contributed by atoms with Crippen LogP contribution in [-0.4, -0.2) is 25.2 Å². The average molecular weight is 359 g/mol. The molecule has 1 aliphatic heterocycles. The molecule has 0 aromatic heterocycles. The lowest BCUT2D eigenvalue weighted by atomic mass is 10.1. The molecule has 1 fully saturated rings. The van der Waals surface area contributed by atoms with Crippen LogP contribution in [-0.2, 0) is 4.74 Å². The molecule has 1 N–H and O–H groups in total. The Morgan fingerprint density at radius 3 is 3.06 bits per heavy atom. The van der Waals surface area contributed by atoms with Crippen LogP contribution in [0.4, 0.5) is 0 Å². The molecule has 1 heterocycles. The number of hydrogen-bond acceptors (Lipinski definition) is 2. The number of halogens is 1. The molecule has 1 aromatic rings. The van der Waals surface area contributed by atoms with E-state index in [0.29, 0.717) is 12.6 Å². The van der Waals surface area contributed by atoms with E-state index in [1.165, 1.54) is 12.8 Å². The number of carbonyl (C=O) groups is 1. The maximum absolute atomic E-state index is 11.9. The van der Waals surface area contributed by atoms with Crippen molar-refractivity contribution in [2.45, 2.75) is 31.8 Å². The second kappa shape index (κ2) is 7.09. The first-order chi connectivity index (χ1) is 8.75. The van der Waals surface area contributed by atoms with Crippen LogP contribution in [0.2, 0.25) is 0 Å². The van der Waals surface area contributed by atoms with E-state index >= 15 is 0 Å². The normalized spacial score (nSPS) is 19.5. The number of nitrogens with one attached hydrogen (secondary N) is 1. The first-order valence-electron chi connectivity index (χ1n) is 6.41. The van der Waals surface area contributed by atoms with E-state index in [4.69, 9.17) is 4.74 Å². The summed E-state index contributed by atoms with van der Waals surface area (Å²) in [4.78, 5) is 11.9. The Labute approximate surface area is 121 Å². The lowest BCUT2D eigenvalue weighted by molar-refractivity contribution is 0.0117. The molecule has 3 nitrogen and oxygen atoms in total. The van der Waals surface area contributed by atoms with Gasteiger partial charge in [0.1, 0.15) is 0 Å². The van der Waals surface area contributed by atoms with Gasteiger partial charge in [0.05, 0.1) is 6.10 Å². The highest BCUT2D eigenvalue weighted by molar-refractivity contribution is 14.1. The fourth-order valence-corrected chi connectivity index (χ4v) is 2.66. The SMILES string of the molecule is O=C(NCCC1CCCCO1)c1cccc(I)c1. The summed E-state index contributed by atoms with van der Waals surface area (Å²) in [6.07, 6.45) is 4.78. The Hall–Kier alpha value is -0.620. The van der Waals surface area contributed by atoms with Crippen molar-refractivity contribution in [3.05, 3.63) is 33.4 Å². The Balaban J connectivity index is 1.74. The number of benzene rings is 1. The summed E-state index contributed by atoms with van der Waals surface area (Å²) in [5, 5.41) is 2.95. The van der Waals surface area contributed by atoms with Crippen molar-refractivity contribution >= 4 is 28.5 Å². The zero-order valence-corrected chi connectivity index (χ0v) is 12.5. The minimum Gasteiger partial charge on any atom is -0.378 e. The van der Waals surface area contributed by atoms with E-state index in [9.17, 15) is 4.79 Å². The Kier molecular flexibility index (Phi) is 5.44. The lowest BCUT2D eigenvalue weighted by Gasteiger charge is -2.22. The third kappa shape index (κ3) is 4.24. The molecule has 1 atom stereocenters. The lowest BCUT2D eigenvalue weighted by Crippen LogP contribution is -2.29. The minimum atomic E-state index is 0.00401. The predicted octanol–water partition coefficient (Wildman–Crippen LogP) is 2.98. The van der Waals surface area contributed by atoms with E-state index in [1.807, 2.05) is 24.3 Å². The first-order valence-corrected chi connectivity index (χ1v) is 7.49. The van der Waals surface area contributed by atoms with E-state index in [-0.39, 0.29) is 5.91 Å². The third-order valence-electron chi connectivity index (χ3n) is 3.11. The first kappa shape index (κ1) is 13.8. The zero-order valence-electron chi connectivity index (χ0n) is 10.3. The highest BCUT2D eigenvalue weighted by Crippen LogP contribution is 2.15. The van der Waals surface area contributed by atoms with E-state index in [1.54, 1.807) is 0 Å². The van der Waals surface area contributed by atoms with Crippen molar-refractivity contribution < 1.29 is 9.53 Å². The van der Waals surface area contributed by atoms with Gasteiger partial charge in [0, 0.05) is 22.3 Å². The largest absolute Gasteiger partial charge is 0.378 e. The molecule has 0 spiro atoms. The fourth-order valence-electron chi connectivity index (χ4n) is 2.11. The number of amides is 1. The Morgan fingerprint density at radius 2 is 2.33 bits per heavy atom. The van der Waals surface area contributed by atoms with Gasteiger partial charge in [-0.1, -0.05) is 6.07 Å². The zero-order chi connectivity index (χ0) is 12.8. The van der Waals surface area contributed by atoms with Crippen molar-refractivity contribution in [1.29, 1.82) is 0 Å². The van der Waals surface area contributed by atoms with Crippen LogP contribution in [0, 0.1) is 3.57 Å². The van der Waals surface area contributed by atoms with Crippen LogP contribution >= 0.6 is 22.6 Å². The van der Waals surface area contributed by atoms with Crippen LogP contribution in [0.1, 0.15) is 36.0 Å². The van der Waals surface area contributed by atoms with Crippen molar-refractivity contribution in [3.8, 4) is 0 Å². The molecule has 1 aromatic carbocycles. The molecule has 18 heavy (non-hydrogen) atoms. The number of carbonyl (C=O) groups excluding carboxylic acids is 1. The van der Waals surface area contributed by atoms with E-state index in [2.05, 4.69) is 27.9 Å². The van der Waals surface area contributed by atoms with Crippen molar-refractivity contribution in [2.75, 3.05) is 13.2 Å². The average Bonchev–Trinajstić information content (AvgIpc) is 2.40. The standard InChI is InChI=1S/C14H18INO2/c15-12-5-3-4-11(10-12)14(17)16-8-7-13-6-1-2-9-18-13/h3-5,10,13H,1-2,6-9H2,(H,16,17). The van der Waals surface area contributed by atoms with Crippen LogP contribution in [0.25, 0.3) is 0 Å². The highest BCUT2D eigenvalue weighted by atomic mass is 127. The van der Waals surface area contributed by atoms with Crippen LogP contribution in [0.15, 0.2) is 24.3 Å². The topological polar surface area (TPSA) is 38.3 Å². The van der Waals surface area contributed by atoms with Gasteiger partial charge in [-0.3, -0.25) is 4.79 Å². The molecular formula is C14H18INO2. The summed E-state index contributed by atoms with van der Waals surface area (Å²) < 4.78 is 6.71. The van der Waals surface area contributed by atoms with Gasteiger partial charge < -0.3 is 10.1 Å². The molecule has 0 saturated carbocycles. The number of ether oxygens (including phenoxy) is 1. The molecule has 2 rings (SSSR count). The predicted molar refractivity (Wildman–Crippen MR) is 79.7 cm³/mol. The molecule has 1 amide bonds. The summed E-state index contributed by atoms with van der Waals surface area (Å²) in [6, 6.07) is 7.62. The molecule has 0 radical (unpaired) electrons. The molecule has 1 unspecified atom stereocenters. The third-order valence-corrected chi connectivity index (χ3v) is 3.78. The Bertz CT molecular complexity index is 403. The van der Waals surface area contributed by atoms with Gasteiger partial charge in [0.2, 0.25) is 0 Å². The maximum atomic E-state index is 11.9. The number of hydrogen-bond donors (Lipinski definition) is 1. The second-order valence-corrected chi connectivity index (χ2v) is 5.79. The molecule has 0 bridgehead atoms. The molecule has 4 heteroatoms. The van der Waals surface area contributed by atoms with Crippen LogP contribution in [0.3, 0.4) is 0 Å². The molecule has 0 aliphatic carbocycles. The van der Waals surface area contributed by atoms with Crippen LogP contribution < -0.4 is 5.32 Å². The fraction of sp³-hybridized carbons (Fsp3) is 0.500. The minimum absolute atomic E-state index is 0.00401. The molecule has 1 saturated heterocycles. The second-order valence-electron chi connectivity index (χ2n) is 4.54. The van der Waals surface area contributed by atoms with Crippen molar-refractivity contribution in [1.82, 2.24) is 5.32 Å². The summed E-state index contributed by atoms with van der Waals surface area (Å²) >= 11 is 2.21. The van der Waals surface area contributed by atoms with Crippen molar-refractivity contribution in [3.63, 3.8) is 0 Å². The monoisotopic (exact) mass is 359 g/mol. The van der Waals surface area contributed by atoms with Gasteiger partial charge in [-0.25, -0.2) is 0 Å². The van der Waals surface area contributed by atoms with Gasteiger partial charge in [-0.15, -0.1) is 0 Å². The summed E-state index contributed by atoms with van der Waals surface area (Å²) in [6.45, 7) is 1.56. The maximum Gasteiger partial charge on any atom is 0.251 e. The van der Waals surface area contributed by atoms with E-state index < -0.39 is 0 Å². The quantitative estimate of drug-likeness (QED) is 0.840.